The maximum absolute atomic E-state index is 13.3. The zero-order valence-electron chi connectivity index (χ0n) is 9.84. The second-order valence-electron chi connectivity index (χ2n) is 3.67. The third-order valence-electron chi connectivity index (χ3n) is 2.17. The van der Waals surface area contributed by atoms with Gasteiger partial charge in [-0.2, -0.15) is 0 Å². The van der Waals surface area contributed by atoms with Crippen LogP contribution >= 0.6 is 0 Å². The second-order valence-corrected chi connectivity index (χ2v) is 3.67. The smallest absolute Gasteiger partial charge is 0.287 e. The number of nitrogens with two attached hydrogens (primary N) is 1. The van der Waals surface area contributed by atoms with Crippen molar-refractivity contribution in [3.63, 3.8) is 0 Å². The average molecular weight is 264 g/mol. The van der Waals surface area contributed by atoms with Gasteiger partial charge in [0.2, 0.25) is 0 Å². The zero-order chi connectivity index (χ0) is 13.8. The molecular formula is C11H15F3N2O2. The highest BCUT2D eigenvalue weighted by molar-refractivity contribution is 5.68. The SMILES string of the molecule is CCOc1cc(NCC(F)(F)CO)c(N)cc1F. The van der Waals surface area contributed by atoms with E-state index in [1.807, 2.05) is 0 Å². The Morgan fingerprint density at radius 1 is 1.44 bits per heavy atom. The fourth-order valence-electron chi connectivity index (χ4n) is 1.27. The number of rotatable bonds is 6. The van der Waals surface area contributed by atoms with Gasteiger partial charge in [0.1, 0.15) is 6.61 Å². The average Bonchev–Trinajstić information content (AvgIpc) is 2.31. The number of ether oxygens (including phenoxy) is 1. The lowest BCUT2D eigenvalue weighted by molar-refractivity contribution is -0.0372. The molecule has 0 heterocycles. The van der Waals surface area contributed by atoms with Crippen molar-refractivity contribution in [3.05, 3.63) is 17.9 Å². The topological polar surface area (TPSA) is 67.5 Å². The summed E-state index contributed by atoms with van der Waals surface area (Å²) >= 11 is 0. The van der Waals surface area contributed by atoms with Crippen LogP contribution in [0.15, 0.2) is 12.1 Å². The summed E-state index contributed by atoms with van der Waals surface area (Å²) in [6.45, 7) is -0.166. The predicted molar refractivity (Wildman–Crippen MR) is 62.5 cm³/mol. The van der Waals surface area contributed by atoms with Crippen LogP contribution in [0.1, 0.15) is 6.92 Å². The Morgan fingerprint density at radius 3 is 2.67 bits per heavy atom. The first-order valence-corrected chi connectivity index (χ1v) is 5.34. The van der Waals surface area contributed by atoms with Gasteiger partial charge in [0.05, 0.1) is 24.5 Å². The summed E-state index contributed by atoms with van der Waals surface area (Å²) in [5, 5.41) is 10.8. The molecule has 0 aliphatic heterocycles. The van der Waals surface area contributed by atoms with Gasteiger partial charge in [-0.1, -0.05) is 0 Å². The van der Waals surface area contributed by atoms with Crippen LogP contribution in [0.5, 0.6) is 5.75 Å². The molecule has 0 aromatic heterocycles. The van der Waals surface area contributed by atoms with Crippen LogP contribution in [-0.4, -0.2) is 30.8 Å². The van der Waals surface area contributed by atoms with Gasteiger partial charge in [-0.15, -0.1) is 0 Å². The highest BCUT2D eigenvalue weighted by Crippen LogP contribution is 2.29. The van der Waals surface area contributed by atoms with Gasteiger partial charge in [-0.3, -0.25) is 0 Å². The van der Waals surface area contributed by atoms with Crippen molar-refractivity contribution in [3.8, 4) is 5.75 Å². The minimum atomic E-state index is -3.27. The molecule has 0 unspecified atom stereocenters. The van der Waals surface area contributed by atoms with Gasteiger partial charge in [0, 0.05) is 12.1 Å². The van der Waals surface area contributed by atoms with Crippen LogP contribution in [0.3, 0.4) is 0 Å². The molecule has 0 amide bonds. The van der Waals surface area contributed by atoms with Gasteiger partial charge in [0.25, 0.3) is 5.92 Å². The van der Waals surface area contributed by atoms with Crippen LogP contribution in [0.25, 0.3) is 0 Å². The van der Waals surface area contributed by atoms with Crippen molar-refractivity contribution in [2.75, 3.05) is 30.8 Å². The van der Waals surface area contributed by atoms with Crippen LogP contribution in [0.2, 0.25) is 0 Å². The third kappa shape index (κ3) is 3.69. The fraction of sp³-hybridized carbons (Fsp3) is 0.455. The van der Waals surface area contributed by atoms with Gasteiger partial charge in [-0.05, 0) is 6.92 Å². The van der Waals surface area contributed by atoms with Crippen molar-refractivity contribution < 1.29 is 23.0 Å². The molecular weight excluding hydrogens is 249 g/mol. The number of anilines is 2. The first-order valence-electron chi connectivity index (χ1n) is 5.34. The first kappa shape index (κ1) is 14.4. The molecule has 1 aromatic rings. The number of hydrogen-bond donors (Lipinski definition) is 3. The van der Waals surface area contributed by atoms with E-state index < -0.39 is 24.9 Å². The molecule has 0 radical (unpaired) electrons. The van der Waals surface area contributed by atoms with Crippen LogP contribution in [0, 0.1) is 5.82 Å². The molecule has 4 nitrogen and oxygen atoms in total. The molecule has 0 saturated heterocycles. The Labute approximate surface area is 103 Å². The number of aliphatic hydroxyl groups excluding tert-OH is 1. The Hall–Kier alpha value is -1.63. The maximum Gasteiger partial charge on any atom is 0.287 e. The quantitative estimate of drug-likeness (QED) is 0.686. The highest BCUT2D eigenvalue weighted by atomic mass is 19.3. The molecule has 1 aromatic carbocycles. The summed E-state index contributed by atoms with van der Waals surface area (Å²) in [7, 11) is 0. The van der Waals surface area contributed by atoms with E-state index in [-0.39, 0.29) is 23.7 Å². The lowest BCUT2D eigenvalue weighted by Gasteiger charge is -2.17. The monoisotopic (exact) mass is 264 g/mol. The normalized spacial score (nSPS) is 11.4. The van der Waals surface area contributed by atoms with E-state index in [0.29, 0.717) is 0 Å². The number of benzene rings is 1. The standard InChI is InChI=1S/C11H15F3N2O2/c1-2-18-10-4-9(8(15)3-7(10)12)16-5-11(13,14)6-17/h3-4,16-17H,2,5-6,15H2,1H3. The molecule has 0 aliphatic carbocycles. The molecule has 0 atom stereocenters. The minimum absolute atomic E-state index is 0.00954. The maximum atomic E-state index is 13.3. The fourth-order valence-corrected chi connectivity index (χ4v) is 1.27. The predicted octanol–water partition coefficient (Wildman–Crippen LogP) is 1.85. The summed E-state index contributed by atoms with van der Waals surface area (Å²) in [6, 6.07) is 2.20. The number of halogens is 3. The molecule has 4 N–H and O–H groups in total. The highest BCUT2D eigenvalue weighted by Gasteiger charge is 2.27. The molecule has 0 aliphatic rings. The van der Waals surface area contributed by atoms with Crippen LogP contribution < -0.4 is 15.8 Å². The van der Waals surface area contributed by atoms with Crippen molar-refractivity contribution in [2.24, 2.45) is 0 Å². The number of nitrogens with one attached hydrogen (secondary N) is 1. The van der Waals surface area contributed by atoms with Crippen molar-refractivity contribution in [1.82, 2.24) is 0 Å². The Kier molecular flexibility index (Phi) is 4.66. The minimum Gasteiger partial charge on any atom is -0.491 e. The van der Waals surface area contributed by atoms with Crippen LogP contribution in [-0.2, 0) is 0 Å². The summed E-state index contributed by atoms with van der Waals surface area (Å²) in [6.07, 6.45) is 0. The van der Waals surface area contributed by atoms with Gasteiger partial charge >= 0.3 is 0 Å². The molecule has 102 valence electrons. The Morgan fingerprint density at radius 2 is 2.11 bits per heavy atom. The number of alkyl halides is 2. The van der Waals surface area contributed by atoms with Crippen LogP contribution in [0.4, 0.5) is 24.5 Å². The number of hydrogen-bond acceptors (Lipinski definition) is 4. The lowest BCUT2D eigenvalue weighted by Crippen LogP contribution is -2.31. The zero-order valence-corrected chi connectivity index (χ0v) is 9.84. The summed E-state index contributed by atoms with van der Waals surface area (Å²) in [5.74, 6) is -4.00. The molecule has 0 bridgehead atoms. The summed E-state index contributed by atoms with van der Waals surface area (Å²) in [4.78, 5) is 0. The molecule has 7 heteroatoms. The van der Waals surface area contributed by atoms with E-state index in [4.69, 9.17) is 15.6 Å². The van der Waals surface area contributed by atoms with Crippen molar-refractivity contribution >= 4 is 11.4 Å². The van der Waals surface area contributed by atoms with E-state index in [2.05, 4.69) is 5.32 Å². The van der Waals surface area contributed by atoms with E-state index in [1.165, 1.54) is 6.07 Å². The molecule has 1 rings (SSSR count). The van der Waals surface area contributed by atoms with E-state index in [9.17, 15) is 13.2 Å². The van der Waals surface area contributed by atoms with Gasteiger partial charge < -0.3 is 20.9 Å². The summed E-state index contributed by atoms with van der Waals surface area (Å²) < 4.78 is 44.0. The molecule has 0 spiro atoms. The van der Waals surface area contributed by atoms with E-state index >= 15 is 0 Å². The van der Waals surface area contributed by atoms with Crippen molar-refractivity contribution in [2.45, 2.75) is 12.8 Å². The Bertz CT molecular complexity index is 414. The van der Waals surface area contributed by atoms with E-state index in [1.54, 1.807) is 6.92 Å². The van der Waals surface area contributed by atoms with Gasteiger partial charge in [0.15, 0.2) is 11.6 Å². The number of aliphatic hydroxyl groups is 1. The second kappa shape index (κ2) is 5.81. The molecule has 0 fully saturated rings. The van der Waals surface area contributed by atoms with Gasteiger partial charge in [-0.25, -0.2) is 13.2 Å². The molecule has 0 saturated carbocycles. The first-order chi connectivity index (χ1) is 8.39. The number of nitrogen functional groups attached to an aromatic ring is 1. The largest absolute Gasteiger partial charge is 0.491 e. The summed E-state index contributed by atoms with van der Waals surface area (Å²) in [5.41, 5.74) is 5.61. The third-order valence-corrected chi connectivity index (χ3v) is 2.17. The van der Waals surface area contributed by atoms with E-state index in [0.717, 1.165) is 6.07 Å². The molecule has 18 heavy (non-hydrogen) atoms. The lowest BCUT2D eigenvalue weighted by atomic mass is 10.2. The van der Waals surface area contributed by atoms with Crippen molar-refractivity contribution in [1.29, 1.82) is 0 Å². The Balaban J connectivity index is 2.85.